The molecule has 0 atom stereocenters. The lowest BCUT2D eigenvalue weighted by atomic mass is 10.1. The van der Waals surface area contributed by atoms with Crippen LogP contribution < -0.4 is 15.6 Å². The third-order valence-electron chi connectivity index (χ3n) is 4.74. The number of benzene rings is 1. The number of pyridine rings is 1. The molecular weight excluding hydrogens is 396 g/mol. The molecule has 1 aromatic carbocycles. The molecule has 2 amide bonds. The maximum absolute atomic E-state index is 12.3. The van der Waals surface area contributed by atoms with E-state index in [1.54, 1.807) is 17.0 Å². The number of aromatic amines is 2. The molecule has 1 fully saturated rings. The van der Waals surface area contributed by atoms with Crippen molar-refractivity contribution in [2.45, 2.75) is 5.03 Å². The van der Waals surface area contributed by atoms with Crippen LogP contribution in [0.3, 0.4) is 0 Å². The zero-order valence-corrected chi connectivity index (χ0v) is 16.5. The van der Waals surface area contributed by atoms with Crippen LogP contribution in [0.1, 0.15) is 0 Å². The van der Waals surface area contributed by atoms with Crippen LogP contribution in [-0.2, 0) is 9.84 Å². The second-order valence-electron chi connectivity index (χ2n) is 6.81. The third-order valence-corrected chi connectivity index (χ3v) is 5.76. The highest BCUT2D eigenvalue weighted by atomic mass is 32.2. The van der Waals surface area contributed by atoms with Gasteiger partial charge in [-0.05, 0) is 24.3 Å². The van der Waals surface area contributed by atoms with Gasteiger partial charge in [-0.1, -0.05) is 12.1 Å². The van der Waals surface area contributed by atoms with Crippen molar-refractivity contribution in [3.8, 4) is 17.0 Å². The fourth-order valence-electron chi connectivity index (χ4n) is 3.27. The molecule has 0 radical (unpaired) electrons. The Morgan fingerprint density at radius 2 is 1.93 bits per heavy atom. The molecule has 3 N–H and O–H groups in total. The summed E-state index contributed by atoms with van der Waals surface area (Å²) in [5, 5.41) is 3.10. The van der Waals surface area contributed by atoms with Gasteiger partial charge in [-0.25, -0.2) is 13.2 Å². The Labute approximate surface area is 166 Å². The molecule has 0 saturated carbocycles. The predicted molar refractivity (Wildman–Crippen MR) is 108 cm³/mol. The Bertz CT molecular complexity index is 1240. The molecule has 2 aromatic heterocycles. The minimum atomic E-state index is -3.54. The number of ether oxygens (including phenoxy) is 1. The van der Waals surface area contributed by atoms with Gasteiger partial charge in [0.2, 0.25) is 0 Å². The number of rotatable bonds is 6. The second-order valence-corrected chi connectivity index (χ2v) is 8.80. The van der Waals surface area contributed by atoms with E-state index in [9.17, 15) is 18.0 Å². The summed E-state index contributed by atoms with van der Waals surface area (Å²) in [7, 11) is -3.54. The number of sulfone groups is 1. The van der Waals surface area contributed by atoms with Crippen molar-refractivity contribution < 1.29 is 17.9 Å². The fourth-order valence-corrected chi connectivity index (χ4v) is 3.89. The largest absolute Gasteiger partial charge is 0.491 e. The van der Waals surface area contributed by atoms with E-state index < -0.39 is 15.4 Å². The molecule has 0 aliphatic carbocycles. The van der Waals surface area contributed by atoms with Crippen molar-refractivity contribution in [3.05, 3.63) is 46.8 Å². The van der Waals surface area contributed by atoms with E-state index in [1.165, 1.54) is 6.07 Å². The molecule has 10 heteroatoms. The summed E-state index contributed by atoms with van der Waals surface area (Å²) in [6, 6.07) is 10.4. The fraction of sp³-hybridized carbons (Fsp3) is 0.263. The Kier molecular flexibility index (Phi) is 4.79. The lowest BCUT2D eigenvalue weighted by Crippen LogP contribution is -2.31. The first-order valence-electron chi connectivity index (χ1n) is 9.04. The SMILES string of the molecule is CS(=O)(=O)c1cc2cc(-c3ccccc3OCCN3CCNC3=O)[nH]c2c(=O)[nH]1. The number of hydrogen-bond acceptors (Lipinski definition) is 5. The highest BCUT2D eigenvalue weighted by Crippen LogP contribution is 2.31. The molecule has 29 heavy (non-hydrogen) atoms. The maximum atomic E-state index is 12.3. The summed E-state index contributed by atoms with van der Waals surface area (Å²) in [5.74, 6) is 0.596. The maximum Gasteiger partial charge on any atom is 0.317 e. The Morgan fingerprint density at radius 1 is 1.14 bits per heavy atom. The van der Waals surface area contributed by atoms with Gasteiger partial charge in [-0.15, -0.1) is 0 Å². The zero-order chi connectivity index (χ0) is 20.6. The van der Waals surface area contributed by atoms with Gasteiger partial charge in [0.05, 0.1) is 12.2 Å². The molecule has 1 saturated heterocycles. The lowest BCUT2D eigenvalue weighted by Gasteiger charge is -2.15. The number of H-pyrrole nitrogens is 2. The molecule has 152 valence electrons. The Balaban J connectivity index is 1.63. The van der Waals surface area contributed by atoms with Crippen molar-refractivity contribution in [2.24, 2.45) is 0 Å². The van der Waals surface area contributed by atoms with Crippen LogP contribution in [0.2, 0.25) is 0 Å². The molecule has 3 heterocycles. The minimum Gasteiger partial charge on any atom is -0.491 e. The predicted octanol–water partition coefficient (Wildman–Crippen LogP) is 1.33. The van der Waals surface area contributed by atoms with E-state index in [-0.39, 0.29) is 16.6 Å². The number of nitrogens with one attached hydrogen (secondary N) is 3. The van der Waals surface area contributed by atoms with Crippen LogP contribution in [-0.4, -0.2) is 61.8 Å². The van der Waals surface area contributed by atoms with Gasteiger partial charge in [0, 0.05) is 30.3 Å². The minimum absolute atomic E-state index is 0.0987. The number of aromatic nitrogens is 2. The number of hydrogen-bond donors (Lipinski definition) is 3. The lowest BCUT2D eigenvalue weighted by molar-refractivity contribution is 0.203. The number of amides is 2. The van der Waals surface area contributed by atoms with E-state index in [2.05, 4.69) is 15.3 Å². The van der Waals surface area contributed by atoms with Crippen molar-refractivity contribution >= 4 is 26.8 Å². The zero-order valence-electron chi connectivity index (χ0n) is 15.7. The smallest absolute Gasteiger partial charge is 0.317 e. The second kappa shape index (κ2) is 7.28. The topological polar surface area (TPSA) is 124 Å². The Hall–Kier alpha value is -3.27. The van der Waals surface area contributed by atoms with Crippen LogP contribution in [0.4, 0.5) is 4.79 Å². The summed E-state index contributed by atoms with van der Waals surface area (Å²) in [5.41, 5.74) is 1.14. The van der Waals surface area contributed by atoms with Crippen LogP contribution in [0, 0.1) is 0 Å². The quantitative estimate of drug-likeness (QED) is 0.559. The summed E-state index contributed by atoms with van der Waals surface area (Å²) in [6.45, 7) is 2.07. The van der Waals surface area contributed by atoms with Crippen molar-refractivity contribution in [3.63, 3.8) is 0 Å². The molecule has 0 bridgehead atoms. The van der Waals surface area contributed by atoms with Crippen LogP contribution >= 0.6 is 0 Å². The van der Waals surface area contributed by atoms with Gasteiger partial charge < -0.3 is 24.9 Å². The van der Waals surface area contributed by atoms with E-state index in [1.807, 2.05) is 18.2 Å². The molecule has 0 spiro atoms. The Morgan fingerprint density at radius 3 is 2.66 bits per heavy atom. The number of nitrogens with zero attached hydrogens (tertiary/aromatic N) is 1. The van der Waals surface area contributed by atoms with Crippen LogP contribution in [0.25, 0.3) is 22.2 Å². The van der Waals surface area contributed by atoms with Gasteiger partial charge in [0.25, 0.3) is 5.56 Å². The van der Waals surface area contributed by atoms with Gasteiger partial charge in [0.1, 0.15) is 22.9 Å². The van der Waals surface area contributed by atoms with Gasteiger partial charge in [0.15, 0.2) is 9.84 Å². The summed E-state index contributed by atoms with van der Waals surface area (Å²) >= 11 is 0. The molecule has 9 nitrogen and oxygen atoms in total. The summed E-state index contributed by atoms with van der Waals surface area (Å²) in [6.07, 6.45) is 1.04. The number of carbonyl (C=O) groups excluding carboxylic acids is 1. The van der Waals surface area contributed by atoms with Gasteiger partial charge >= 0.3 is 6.03 Å². The molecule has 0 unspecified atom stereocenters. The number of carbonyl (C=O) groups is 1. The standard InChI is InChI=1S/C19H20N4O5S/c1-29(26,27)16-11-12-10-14(21-17(12)18(24)22-16)13-4-2-3-5-15(13)28-9-8-23-7-6-20-19(23)25/h2-5,10-11,21H,6-9H2,1H3,(H,20,25)(H,22,24). The number of para-hydroxylation sites is 1. The van der Waals surface area contributed by atoms with Crippen LogP contribution in [0.5, 0.6) is 5.75 Å². The third kappa shape index (κ3) is 3.83. The molecule has 3 aromatic rings. The molecule has 4 rings (SSSR count). The summed E-state index contributed by atoms with van der Waals surface area (Å²) in [4.78, 5) is 31.0. The highest BCUT2D eigenvalue weighted by Gasteiger charge is 2.19. The summed E-state index contributed by atoms with van der Waals surface area (Å²) < 4.78 is 29.4. The normalized spacial score (nSPS) is 14.4. The van der Waals surface area contributed by atoms with Gasteiger partial charge in [-0.2, -0.15) is 0 Å². The van der Waals surface area contributed by atoms with Gasteiger partial charge in [-0.3, -0.25) is 4.79 Å². The van der Waals surface area contributed by atoms with E-state index >= 15 is 0 Å². The molecule has 1 aliphatic heterocycles. The van der Waals surface area contributed by atoms with Crippen molar-refractivity contribution in [2.75, 3.05) is 32.5 Å². The first-order chi connectivity index (χ1) is 13.8. The average Bonchev–Trinajstić information content (AvgIpc) is 3.28. The molecule has 1 aliphatic rings. The van der Waals surface area contributed by atoms with E-state index in [4.69, 9.17) is 4.74 Å². The first-order valence-corrected chi connectivity index (χ1v) is 10.9. The van der Waals surface area contributed by atoms with Crippen molar-refractivity contribution in [1.82, 2.24) is 20.2 Å². The number of urea groups is 1. The first kappa shape index (κ1) is 19.1. The molecular formula is C19H20N4O5S. The van der Waals surface area contributed by atoms with E-state index in [0.717, 1.165) is 11.8 Å². The number of fused-ring (bicyclic) bond motifs is 1. The van der Waals surface area contributed by atoms with Crippen molar-refractivity contribution in [1.29, 1.82) is 0 Å². The monoisotopic (exact) mass is 416 g/mol. The highest BCUT2D eigenvalue weighted by molar-refractivity contribution is 7.90. The van der Waals surface area contributed by atoms with E-state index in [0.29, 0.717) is 43.1 Å². The van der Waals surface area contributed by atoms with Crippen LogP contribution in [0.15, 0.2) is 46.2 Å². The average molecular weight is 416 g/mol.